The number of anilines is 1. The molecule has 1 aromatic heterocycles. The summed E-state index contributed by atoms with van der Waals surface area (Å²) in [6.45, 7) is 6.57. The van der Waals surface area contributed by atoms with Crippen molar-refractivity contribution in [2.75, 3.05) is 5.32 Å². The van der Waals surface area contributed by atoms with Gasteiger partial charge in [0.25, 0.3) is 0 Å². The lowest BCUT2D eigenvalue weighted by Crippen LogP contribution is -2.19. The summed E-state index contributed by atoms with van der Waals surface area (Å²) in [5.41, 5.74) is 3.37. The number of hydrogen-bond acceptors (Lipinski definition) is 4. The molecule has 4 heteroatoms. The Bertz CT molecular complexity index is 517. The minimum absolute atomic E-state index is 0.554. The van der Waals surface area contributed by atoms with Gasteiger partial charge in [0, 0.05) is 17.3 Å². The third-order valence-corrected chi connectivity index (χ3v) is 3.47. The second-order valence-electron chi connectivity index (χ2n) is 5.19. The molecule has 4 nitrogen and oxygen atoms in total. The summed E-state index contributed by atoms with van der Waals surface area (Å²) in [5, 5.41) is 11.3. The predicted octanol–water partition coefficient (Wildman–Crippen LogP) is 4.43. The van der Waals surface area contributed by atoms with E-state index < -0.39 is 0 Å². The minimum Gasteiger partial charge on any atom is -0.423 e. The van der Waals surface area contributed by atoms with Crippen molar-refractivity contribution in [1.29, 1.82) is 0 Å². The second-order valence-corrected chi connectivity index (χ2v) is 5.19. The lowest BCUT2D eigenvalue weighted by atomic mass is 10.0. The molecule has 20 heavy (non-hydrogen) atoms. The van der Waals surface area contributed by atoms with Crippen molar-refractivity contribution < 1.29 is 4.42 Å². The first kappa shape index (κ1) is 14.6. The fourth-order valence-electron chi connectivity index (χ4n) is 2.46. The van der Waals surface area contributed by atoms with E-state index in [1.165, 1.54) is 43.3 Å². The molecule has 0 aliphatic rings. The van der Waals surface area contributed by atoms with Gasteiger partial charge in [-0.1, -0.05) is 26.7 Å². The summed E-state index contributed by atoms with van der Waals surface area (Å²) in [7, 11) is 0. The van der Waals surface area contributed by atoms with E-state index in [0.29, 0.717) is 11.9 Å². The maximum absolute atomic E-state index is 5.23. The van der Waals surface area contributed by atoms with Crippen molar-refractivity contribution in [1.82, 2.24) is 10.2 Å². The molecule has 0 aliphatic heterocycles. The van der Waals surface area contributed by atoms with Crippen LogP contribution in [-0.2, 0) is 0 Å². The Morgan fingerprint density at radius 1 is 1.20 bits per heavy atom. The van der Waals surface area contributed by atoms with E-state index in [4.69, 9.17) is 4.42 Å². The van der Waals surface area contributed by atoms with Crippen molar-refractivity contribution in [3.05, 3.63) is 30.2 Å². The molecule has 0 atom stereocenters. The Balaban J connectivity index is 2.13. The van der Waals surface area contributed by atoms with Crippen molar-refractivity contribution in [2.24, 2.45) is 0 Å². The molecular weight excluding hydrogens is 250 g/mol. The minimum atomic E-state index is 0.554. The standard InChI is InChI=1S/C16H23N3O/c1-4-6-14(7-5-2)18-15-9-8-13(10-12(15)3)16-19-17-11-20-16/h8-11,14,18H,4-7H2,1-3H3. The van der Waals surface area contributed by atoms with Crippen LogP contribution in [0.3, 0.4) is 0 Å². The normalized spacial score (nSPS) is 11.0. The highest BCUT2D eigenvalue weighted by atomic mass is 16.4. The average molecular weight is 273 g/mol. The van der Waals surface area contributed by atoms with Gasteiger partial charge in [-0.25, -0.2) is 0 Å². The van der Waals surface area contributed by atoms with Crippen molar-refractivity contribution in [3.8, 4) is 11.5 Å². The predicted molar refractivity (Wildman–Crippen MR) is 81.7 cm³/mol. The third-order valence-electron chi connectivity index (χ3n) is 3.47. The Kier molecular flexibility index (Phi) is 5.16. The van der Waals surface area contributed by atoms with Crippen LogP contribution in [0.2, 0.25) is 0 Å². The largest absolute Gasteiger partial charge is 0.423 e. The molecule has 0 saturated carbocycles. The highest BCUT2D eigenvalue weighted by Gasteiger charge is 2.10. The molecule has 108 valence electrons. The molecule has 0 amide bonds. The molecule has 0 spiro atoms. The summed E-state index contributed by atoms with van der Waals surface area (Å²) in [4.78, 5) is 0. The van der Waals surface area contributed by atoms with Gasteiger partial charge in [-0.15, -0.1) is 10.2 Å². The number of aromatic nitrogens is 2. The number of benzene rings is 1. The summed E-state index contributed by atoms with van der Waals surface area (Å²) in [6, 6.07) is 6.77. The topological polar surface area (TPSA) is 51.0 Å². The van der Waals surface area contributed by atoms with Crippen LogP contribution >= 0.6 is 0 Å². The SMILES string of the molecule is CCCC(CCC)Nc1ccc(-c2nnco2)cc1C. The molecule has 1 heterocycles. The van der Waals surface area contributed by atoms with E-state index in [0.717, 1.165) is 5.56 Å². The van der Waals surface area contributed by atoms with E-state index in [1.54, 1.807) is 0 Å². The van der Waals surface area contributed by atoms with Crippen molar-refractivity contribution in [2.45, 2.75) is 52.5 Å². The Morgan fingerprint density at radius 3 is 2.50 bits per heavy atom. The zero-order chi connectivity index (χ0) is 14.4. The molecule has 0 unspecified atom stereocenters. The van der Waals surface area contributed by atoms with E-state index in [-0.39, 0.29) is 0 Å². The van der Waals surface area contributed by atoms with E-state index in [1.807, 2.05) is 6.07 Å². The first-order valence-corrected chi connectivity index (χ1v) is 7.38. The Labute approximate surface area is 120 Å². The van der Waals surface area contributed by atoms with Crippen LogP contribution in [-0.4, -0.2) is 16.2 Å². The van der Waals surface area contributed by atoms with E-state index in [9.17, 15) is 0 Å². The number of aryl methyl sites for hydroxylation is 1. The van der Waals surface area contributed by atoms with Crippen LogP contribution in [0.4, 0.5) is 5.69 Å². The summed E-state index contributed by atoms with van der Waals surface area (Å²) < 4.78 is 5.23. The number of nitrogens with one attached hydrogen (secondary N) is 1. The zero-order valence-electron chi connectivity index (χ0n) is 12.5. The molecule has 0 aliphatic carbocycles. The van der Waals surface area contributed by atoms with Gasteiger partial charge in [-0.2, -0.15) is 0 Å². The monoisotopic (exact) mass is 273 g/mol. The molecule has 2 aromatic rings. The van der Waals surface area contributed by atoms with Crippen LogP contribution in [0.5, 0.6) is 0 Å². The number of nitrogens with zero attached hydrogens (tertiary/aromatic N) is 2. The van der Waals surface area contributed by atoms with Crippen LogP contribution < -0.4 is 5.32 Å². The van der Waals surface area contributed by atoms with Gasteiger partial charge in [0.05, 0.1) is 0 Å². The first-order chi connectivity index (χ1) is 9.74. The van der Waals surface area contributed by atoms with Crippen molar-refractivity contribution >= 4 is 5.69 Å². The zero-order valence-corrected chi connectivity index (χ0v) is 12.5. The highest BCUT2D eigenvalue weighted by Crippen LogP contribution is 2.24. The number of rotatable bonds is 7. The third kappa shape index (κ3) is 3.59. The van der Waals surface area contributed by atoms with E-state index >= 15 is 0 Å². The first-order valence-electron chi connectivity index (χ1n) is 7.38. The molecular formula is C16H23N3O. The highest BCUT2D eigenvalue weighted by molar-refractivity contribution is 5.62. The van der Waals surface area contributed by atoms with Crippen LogP contribution in [0.25, 0.3) is 11.5 Å². The lowest BCUT2D eigenvalue weighted by molar-refractivity contribution is 0.568. The maximum Gasteiger partial charge on any atom is 0.247 e. The van der Waals surface area contributed by atoms with Gasteiger partial charge < -0.3 is 9.73 Å². The summed E-state index contributed by atoms with van der Waals surface area (Å²) in [6.07, 6.45) is 6.18. The Hall–Kier alpha value is -1.84. The molecule has 1 aromatic carbocycles. The average Bonchev–Trinajstić information content (AvgIpc) is 2.95. The van der Waals surface area contributed by atoms with Crippen LogP contribution in [0.15, 0.2) is 29.0 Å². The molecule has 0 fully saturated rings. The van der Waals surface area contributed by atoms with Gasteiger partial charge in [0.1, 0.15) is 0 Å². The quantitative estimate of drug-likeness (QED) is 0.811. The van der Waals surface area contributed by atoms with Gasteiger partial charge in [-0.3, -0.25) is 0 Å². The fraction of sp³-hybridized carbons (Fsp3) is 0.500. The smallest absolute Gasteiger partial charge is 0.247 e. The van der Waals surface area contributed by atoms with Gasteiger partial charge in [0.15, 0.2) is 0 Å². The molecule has 0 bridgehead atoms. The molecule has 0 saturated heterocycles. The Morgan fingerprint density at radius 2 is 1.95 bits per heavy atom. The van der Waals surface area contributed by atoms with Crippen LogP contribution in [0, 0.1) is 6.92 Å². The fourth-order valence-corrected chi connectivity index (χ4v) is 2.46. The van der Waals surface area contributed by atoms with Gasteiger partial charge in [0.2, 0.25) is 12.3 Å². The summed E-state index contributed by atoms with van der Waals surface area (Å²) in [5.74, 6) is 0.568. The lowest BCUT2D eigenvalue weighted by Gasteiger charge is -2.20. The van der Waals surface area contributed by atoms with Gasteiger partial charge >= 0.3 is 0 Å². The molecule has 2 rings (SSSR count). The second kappa shape index (κ2) is 7.08. The maximum atomic E-state index is 5.23. The summed E-state index contributed by atoms with van der Waals surface area (Å²) >= 11 is 0. The van der Waals surface area contributed by atoms with Crippen LogP contribution in [0.1, 0.15) is 45.1 Å². The van der Waals surface area contributed by atoms with E-state index in [2.05, 4.69) is 48.4 Å². The van der Waals surface area contributed by atoms with Gasteiger partial charge in [-0.05, 0) is 43.5 Å². The number of hydrogen-bond donors (Lipinski definition) is 1. The van der Waals surface area contributed by atoms with Crippen molar-refractivity contribution in [3.63, 3.8) is 0 Å². The molecule has 1 N–H and O–H groups in total. The molecule has 0 radical (unpaired) electrons.